The number of hydrogen-bond acceptors (Lipinski definition) is 4. The van der Waals surface area contributed by atoms with Crippen molar-refractivity contribution in [3.63, 3.8) is 0 Å². The first-order valence-corrected chi connectivity index (χ1v) is 5.71. The number of methoxy groups -OCH3 is 1. The number of carbonyl (C=O) groups is 2. The number of nitrogens with zero attached hydrogens (tertiary/aromatic N) is 1. The lowest BCUT2D eigenvalue weighted by molar-refractivity contribution is -0.148. The van der Waals surface area contributed by atoms with Crippen LogP contribution in [0.15, 0.2) is 0 Å². The molecule has 0 radical (unpaired) electrons. The molecule has 1 N–H and O–H groups in total. The van der Waals surface area contributed by atoms with Crippen molar-refractivity contribution < 1.29 is 14.3 Å². The van der Waals surface area contributed by atoms with Crippen LogP contribution in [-0.4, -0.2) is 50.1 Å². The largest absolute Gasteiger partial charge is 0.468 e. The monoisotopic (exact) mass is 228 g/mol. The SMILES string of the molecule is CNC(=O)CCN1CCCC[C@@H]1C(=O)OC. The molecule has 1 rings (SSSR count). The van der Waals surface area contributed by atoms with Gasteiger partial charge in [0.15, 0.2) is 0 Å². The van der Waals surface area contributed by atoms with Crippen LogP contribution in [0.25, 0.3) is 0 Å². The number of likely N-dealkylation sites (tertiary alicyclic amines) is 1. The average Bonchev–Trinajstić information content (AvgIpc) is 2.35. The Bertz CT molecular complexity index is 256. The maximum atomic E-state index is 11.5. The van der Waals surface area contributed by atoms with Gasteiger partial charge in [0.1, 0.15) is 6.04 Å². The summed E-state index contributed by atoms with van der Waals surface area (Å²) < 4.78 is 4.77. The Morgan fingerprint density at radius 2 is 2.19 bits per heavy atom. The highest BCUT2D eigenvalue weighted by molar-refractivity contribution is 5.77. The van der Waals surface area contributed by atoms with E-state index in [1.165, 1.54) is 7.11 Å². The second-order valence-corrected chi connectivity index (χ2v) is 3.99. The van der Waals surface area contributed by atoms with Crippen LogP contribution in [0.5, 0.6) is 0 Å². The van der Waals surface area contributed by atoms with Gasteiger partial charge in [-0.05, 0) is 19.4 Å². The van der Waals surface area contributed by atoms with E-state index in [9.17, 15) is 9.59 Å². The molecule has 0 aromatic heterocycles. The van der Waals surface area contributed by atoms with Crippen LogP contribution in [0, 0.1) is 0 Å². The predicted molar refractivity (Wildman–Crippen MR) is 59.9 cm³/mol. The Labute approximate surface area is 96.1 Å². The quantitative estimate of drug-likeness (QED) is 0.696. The molecule has 0 aromatic carbocycles. The van der Waals surface area contributed by atoms with E-state index in [1.54, 1.807) is 7.05 Å². The second-order valence-electron chi connectivity index (χ2n) is 3.99. The minimum absolute atomic E-state index is 0.00851. The fourth-order valence-corrected chi connectivity index (χ4v) is 2.03. The van der Waals surface area contributed by atoms with E-state index >= 15 is 0 Å². The molecule has 1 aliphatic rings. The van der Waals surface area contributed by atoms with E-state index in [4.69, 9.17) is 4.74 Å². The molecule has 1 heterocycles. The van der Waals surface area contributed by atoms with Gasteiger partial charge in [0.25, 0.3) is 0 Å². The Balaban J connectivity index is 2.47. The molecule has 5 nitrogen and oxygen atoms in total. The number of esters is 1. The normalized spacial score (nSPS) is 21.5. The van der Waals surface area contributed by atoms with Crippen LogP contribution in [0.1, 0.15) is 25.7 Å². The van der Waals surface area contributed by atoms with Gasteiger partial charge < -0.3 is 10.1 Å². The number of rotatable bonds is 4. The van der Waals surface area contributed by atoms with Gasteiger partial charge in [0, 0.05) is 20.0 Å². The summed E-state index contributed by atoms with van der Waals surface area (Å²) in [5.41, 5.74) is 0. The summed E-state index contributed by atoms with van der Waals surface area (Å²) in [7, 11) is 3.03. The highest BCUT2D eigenvalue weighted by Gasteiger charge is 2.29. The number of piperidine rings is 1. The lowest BCUT2D eigenvalue weighted by atomic mass is 10.0. The molecule has 0 spiro atoms. The molecule has 0 aliphatic carbocycles. The van der Waals surface area contributed by atoms with Crippen molar-refractivity contribution in [2.75, 3.05) is 27.2 Å². The standard InChI is InChI=1S/C11H20N2O3/c1-12-10(14)6-8-13-7-4-3-5-9(13)11(15)16-2/h9H,3-8H2,1-2H3,(H,12,14)/t9-/m1/s1. The number of hydrogen-bond donors (Lipinski definition) is 1. The first-order valence-electron chi connectivity index (χ1n) is 5.71. The molecule has 0 unspecified atom stereocenters. The second kappa shape index (κ2) is 6.48. The van der Waals surface area contributed by atoms with Gasteiger partial charge in [-0.1, -0.05) is 6.42 Å². The van der Waals surface area contributed by atoms with E-state index in [0.29, 0.717) is 13.0 Å². The van der Waals surface area contributed by atoms with Gasteiger partial charge in [-0.2, -0.15) is 0 Å². The minimum Gasteiger partial charge on any atom is -0.468 e. The van der Waals surface area contributed by atoms with E-state index in [1.807, 2.05) is 4.90 Å². The van der Waals surface area contributed by atoms with Crippen molar-refractivity contribution in [1.29, 1.82) is 0 Å². The third-order valence-electron chi connectivity index (χ3n) is 2.99. The summed E-state index contributed by atoms with van der Waals surface area (Å²) in [5.74, 6) is -0.175. The van der Waals surface area contributed by atoms with Gasteiger partial charge in [0.2, 0.25) is 5.91 Å². The first kappa shape index (κ1) is 13.0. The number of nitrogens with one attached hydrogen (secondary N) is 1. The topological polar surface area (TPSA) is 58.6 Å². The van der Waals surface area contributed by atoms with Crippen molar-refractivity contribution in [3.8, 4) is 0 Å². The summed E-state index contributed by atoms with van der Waals surface area (Å²) in [6.07, 6.45) is 3.40. The molecule has 16 heavy (non-hydrogen) atoms. The van der Waals surface area contributed by atoms with E-state index < -0.39 is 0 Å². The zero-order valence-electron chi connectivity index (χ0n) is 9.99. The third-order valence-corrected chi connectivity index (χ3v) is 2.99. The molecule has 1 fully saturated rings. The van der Waals surface area contributed by atoms with Gasteiger partial charge in [-0.15, -0.1) is 0 Å². The average molecular weight is 228 g/mol. The fourth-order valence-electron chi connectivity index (χ4n) is 2.03. The molecule has 1 atom stereocenters. The van der Waals surface area contributed by atoms with E-state index in [0.717, 1.165) is 25.8 Å². The molecular formula is C11H20N2O3. The molecule has 92 valence electrons. The Hall–Kier alpha value is -1.10. The van der Waals surface area contributed by atoms with Gasteiger partial charge >= 0.3 is 5.97 Å². The van der Waals surface area contributed by atoms with Crippen LogP contribution in [0.3, 0.4) is 0 Å². The summed E-state index contributed by atoms with van der Waals surface area (Å²) in [5, 5.41) is 2.58. The Morgan fingerprint density at radius 1 is 1.44 bits per heavy atom. The molecule has 1 aliphatic heterocycles. The number of ether oxygens (including phenoxy) is 1. The molecule has 0 bridgehead atoms. The summed E-state index contributed by atoms with van der Waals surface area (Å²) in [6, 6.07) is -0.164. The molecular weight excluding hydrogens is 208 g/mol. The van der Waals surface area contributed by atoms with Crippen molar-refractivity contribution in [3.05, 3.63) is 0 Å². The Morgan fingerprint density at radius 3 is 2.81 bits per heavy atom. The predicted octanol–water partition coefficient (Wildman–Crippen LogP) is 0.150. The maximum absolute atomic E-state index is 11.5. The fraction of sp³-hybridized carbons (Fsp3) is 0.818. The summed E-state index contributed by atoms with van der Waals surface area (Å²) in [4.78, 5) is 24.7. The smallest absolute Gasteiger partial charge is 0.323 e. The van der Waals surface area contributed by atoms with Crippen LogP contribution >= 0.6 is 0 Å². The van der Waals surface area contributed by atoms with Crippen LogP contribution < -0.4 is 5.32 Å². The lowest BCUT2D eigenvalue weighted by Gasteiger charge is -2.33. The minimum atomic E-state index is -0.184. The van der Waals surface area contributed by atoms with Gasteiger partial charge in [-0.3, -0.25) is 14.5 Å². The number of amides is 1. The summed E-state index contributed by atoms with van der Waals surface area (Å²) >= 11 is 0. The first-order chi connectivity index (χ1) is 7.69. The van der Waals surface area contributed by atoms with Gasteiger partial charge in [-0.25, -0.2) is 0 Å². The zero-order chi connectivity index (χ0) is 12.0. The molecule has 1 saturated heterocycles. The van der Waals surface area contributed by atoms with Crippen molar-refractivity contribution >= 4 is 11.9 Å². The maximum Gasteiger partial charge on any atom is 0.323 e. The van der Waals surface area contributed by atoms with E-state index in [2.05, 4.69) is 5.32 Å². The summed E-state index contributed by atoms with van der Waals surface area (Å²) in [6.45, 7) is 1.50. The Kier molecular flexibility index (Phi) is 5.25. The highest BCUT2D eigenvalue weighted by atomic mass is 16.5. The number of carbonyl (C=O) groups excluding carboxylic acids is 2. The van der Waals surface area contributed by atoms with Crippen molar-refractivity contribution in [2.24, 2.45) is 0 Å². The zero-order valence-corrected chi connectivity index (χ0v) is 9.99. The van der Waals surface area contributed by atoms with Crippen LogP contribution in [0.4, 0.5) is 0 Å². The van der Waals surface area contributed by atoms with Crippen molar-refractivity contribution in [1.82, 2.24) is 10.2 Å². The third kappa shape index (κ3) is 3.48. The highest BCUT2D eigenvalue weighted by Crippen LogP contribution is 2.18. The van der Waals surface area contributed by atoms with E-state index in [-0.39, 0.29) is 17.9 Å². The lowest BCUT2D eigenvalue weighted by Crippen LogP contribution is -2.46. The van der Waals surface area contributed by atoms with Gasteiger partial charge in [0.05, 0.1) is 7.11 Å². The molecule has 0 aromatic rings. The molecule has 1 amide bonds. The molecule has 0 saturated carbocycles. The van der Waals surface area contributed by atoms with Crippen LogP contribution in [0.2, 0.25) is 0 Å². The van der Waals surface area contributed by atoms with Crippen molar-refractivity contribution in [2.45, 2.75) is 31.7 Å². The molecule has 5 heteroatoms. The van der Waals surface area contributed by atoms with Crippen LogP contribution in [-0.2, 0) is 14.3 Å².